The van der Waals surface area contributed by atoms with Gasteiger partial charge in [0.05, 0.1) is 13.2 Å². The fourth-order valence-corrected chi connectivity index (χ4v) is 3.53. The predicted octanol–water partition coefficient (Wildman–Crippen LogP) is 2.42. The third kappa shape index (κ3) is 8.10. The standard InChI is InChI=1S/C21H32N2O4/c1-22(17-21(25)26)19-9-5-13-23(14-11-19)20(24)10-6-15-27-16-12-18-7-3-2-4-8-18/h2-4,7-8,19H,5-6,9-17H2,1H3,(H,25,26). The Hall–Kier alpha value is -1.92. The van der Waals surface area contributed by atoms with Gasteiger partial charge in [-0.15, -0.1) is 0 Å². The minimum Gasteiger partial charge on any atom is -0.480 e. The van der Waals surface area contributed by atoms with Crippen LogP contribution in [0.25, 0.3) is 0 Å². The molecule has 1 atom stereocenters. The summed E-state index contributed by atoms with van der Waals surface area (Å²) in [6.45, 7) is 2.82. The third-order valence-electron chi connectivity index (χ3n) is 5.12. The maximum atomic E-state index is 12.4. The number of hydrogen-bond acceptors (Lipinski definition) is 4. The molecule has 1 heterocycles. The van der Waals surface area contributed by atoms with Crippen molar-refractivity contribution in [2.75, 3.05) is 39.9 Å². The molecule has 1 aliphatic heterocycles. The average molecular weight is 376 g/mol. The first-order valence-corrected chi connectivity index (χ1v) is 9.87. The first-order valence-electron chi connectivity index (χ1n) is 9.87. The molecule has 1 unspecified atom stereocenters. The lowest BCUT2D eigenvalue weighted by atomic mass is 10.1. The maximum absolute atomic E-state index is 12.4. The Balaban J connectivity index is 1.59. The Labute approximate surface area is 162 Å². The van der Waals surface area contributed by atoms with E-state index in [0.29, 0.717) is 26.2 Å². The SMILES string of the molecule is CN(CC(=O)O)C1CCCN(C(=O)CCCOCCc2ccccc2)CC1. The number of carboxylic acid groups (broad SMARTS) is 1. The molecule has 1 N–H and O–H groups in total. The first kappa shape index (κ1) is 21.4. The fourth-order valence-electron chi connectivity index (χ4n) is 3.53. The Morgan fingerprint density at radius 2 is 1.96 bits per heavy atom. The molecule has 0 aromatic heterocycles. The van der Waals surface area contributed by atoms with Gasteiger partial charge in [-0.05, 0) is 44.7 Å². The molecule has 0 spiro atoms. The van der Waals surface area contributed by atoms with Crippen LogP contribution in [-0.2, 0) is 20.7 Å². The van der Waals surface area contributed by atoms with Crippen LogP contribution in [0.1, 0.15) is 37.7 Å². The summed E-state index contributed by atoms with van der Waals surface area (Å²) in [5.41, 5.74) is 1.26. The number of nitrogens with zero attached hydrogens (tertiary/aromatic N) is 2. The molecule has 0 radical (unpaired) electrons. The Morgan fingerprint density at radius 1 is 1.19 bits per heavy atom. The van der Waals surface area contributed by atoms with E-state index in [4.69, 9.17) is 9.84 Å². The highest BCUT2D eigenvalue weighted by Crippen LogP contribution is 2.16. The number of hydrogen-bond donors (Lipinski definition) is 1. The van der Waals surface area contributed by atoms with Crippen molar-refractivity contribution in [3.8, 4) is 0 Å². The molecule has 6 heteroatoms. The van der Waals surface area contributed by atoms with Gasteiger partial charge in [-0.1, -0.05) is 30.3 Å². The molecular weight excluding hydrogens is 344 g/mol. The van der Waals surface area contributed by atoms with Gasteiger partial charge in [-0.2, -0.15) is 0 Å². The second-order valence-corrected chi connectivity index (χ2v) is 7.23. The number of carboxylic acids is 1. The van der Waals surface area contributed by atoms with Gasteiger partial charge in [0, 0.05) is 32.2 Å². The molecule has 1 saturated heterocycles. The molecule has 0 saturated carbocycles. The molecule has 27 heavy (non-hydrogen) atoms. The molecule has 1 amide bonds. The van der Waals surface area contributed by atoms with Crippen LogP contribution in [0.3, 0.4) is 0 Å². The Morgan fingerprint density at radius 3 is 2.70 bits per heavy atom. The van der Waals surface area contributed by atoms with Crippen LogP contribution in [-0.4, -0.2) is 72.7 Å². The topological polar surface area (TPSA) is 70.1 Å². The normalized spacial score (nSPS) is 17.7. The summed E-state index contributed by atoms with van der Waals surface area (Å²) < 4.78 is 5.65. The van der Waals surface area contributed by atoms with Crippen molar-refractivity contribution in [1.29, 1.82) is 0 Å². The van der Waals surface area contributed by atoms with Crippen molar-refractivity contribution in [2.45, 2.75) is 44.6 Å². The Bertz CT molecular complexity index is 579. The highest BCUT2D eigenvalue weighted by Gasteiger charge is 2.23. The third-order valence-corrected chi connectivity index (χ3v) is 5.12. The van der Waals surface area contributed by atoms with Crippen LogP contribution in [0, 0.1) is 0 Å². The smallest absolute Gasteiger partial charge is 0.317 e. The van der Waals surface area contributed by atoms with Gasteiger partial charge < -0.3 is 14.7 Å². The molecule has 0 bridgehead atoms. The number of rotatable bonds is 10. The van der Waals surface area contributed by atoms with Crippen molar-refractivity contribution in [3.05, 3.63) is 35.9 Å². The Kier molecular flexibility index (Phi) is 9.28. The number of likely N-dealkylation sites (tertiary alicyclic amines) is 1. The van der Waals surface area contributed by atoms with E-state index >= 15 is 0 Å². The highest BCUT2D eigenvalue weighted by molar-refractivity contribution is 5.76. The largest absolute Gasteiger partial charge is 0.480 e. The van der Waals surface area contributed by atoms with E-state index in [-0.39, 0.29) is 18.5 Å². The van der Waals surface area contributed by atoms with E-state index in [2.05, 4.69) is 12.1 Å². The first-order chi connectivity index (χ1) is 13.1. The zero-order valence-electron chi connectivity index (χ0n) is 16.3. The molecule has 1 aliphatic rings. The van der Waals surface area contributed by atoms with Crippen molar-refractivity contribution < 1.29 is 19.4 Å². The lowest BCUT2D eigenvalue weighted by Gasteiger charge is -2.25. The van der Waals surface area contributed by atoms with E-state index in [1.807, 2.05) is 35.0 Å². The van der Waals surface area contributed by atoms with Gasteiger partial charge in [0.1, 0.15) is 0 Å². The van der Waals surface area contributed by atoms with Gasteiger partial charge in [0.2, 0.25) is 5.91 Å². The van der Waals surface area contributed by atoms with E-state index < -0.39 is 5.97 Å². The number of benzene rings is 1. The number of carbonyl (C=O) groups is 2. The zero-order chi connectivity index (χ0) is 19.5. The summed E-state index contributed by atoms with van der Waals surface area (Å²) >= 11 is 0. The second kappa shape index (κ2) is 11.7. The summed E-state index contributed by atoms with van der Waals surface area (Å²) in [6.07, 6.45) is 4.85. The van der Waals surface area contributed by atoms with Gasteiger partial charge in [0.15, 0.2) is 0 Å². The number of aliphatic carboxylic acids is 1. The van der Waals surface area contributed by atoms with Crippen LogP contribution in [0.2, 0.25) is 0 Å². The van der Waals surface area contributed by atoms with Crippen LogP contribution in [0.4, 0.5) is 0 Å². The van der Waals surface area contributed by atoms with Crippen molar-refractivity contribution in [2.24, 2.45) is 0 Å². The van der Waals surface area contributed by atoms with Crippen LogP contribution in [0.15, 0.2) is 30.3 Å². The van der Waals surface area contributed by atoms with Crippen LogP contribution >= 0.6 is 0 Å². The van der Waals surface area contributed by atoms with Crippen molar-refractivity contribution in [1.82, 2.24) is 9.80 Å². The zero-order valence-corrected chi connectivity index (χ0v) is 16.3. The molecule has 0 aliphatic carbocycles. The summed E-state index contributed by atoms with van der Waals surface area (Å²) in [7, 11) is 1.85. The molecule has 1 fully saturated rings. The van der Waals surface area contributed by atoms with Gasteiger partial charge >= 0.3 is 5.97 Å². The molecule has 1 aromatic carbocycles. The van der Waals surface area contributed by atoms with E-state index in [1.165, 1.54) is 5.56 Å². The summed E-state index contributed by atoms with van der Waals surface area (Å²) in [5.74, 6) is -0.620. The van der Waals surface area contributed by atoms with Crippen LogP contribution in [0.5, 0.6) is 0 Å². The number of carbonyl (C=O) groups excluding carboxylic acids is 1. The van der Waals surface area contributed by atoms with Gasteiger partial charge in [0.25, 0.3) is 0 Å². The quantitative estimate of drug-likeness (QED) is 0.635. The highest BCUT2D eigenvalue weighted by atomic mass is 16.5. The van der Waals surface area contributed by atoms with Crippen LogP contribution < -0.4 is 0 Å². The van der Waals surface area contributed by atoms with Crippen molar-refractivity contribution >= 4 is 11.9 Å². The molecule has 1 aromatic rings. The maximum Gasteiger partial charge on any atom is 0.317 e. The molecule has 2 rings (SSSR count). The lowest BCUT2D eigenvalue weighted by molar-refractivity contribution is -0.138. The fraction of sp³-hybridized carbons (Fsp3) is 0.619. The minimum atomic E-state index is -0.804. The summed E-state index contributed by atoms with van der Waals surface area (Å²) in [5, 5.41) is 8.93. The number of likely N-dealkylation sites (N-methyl/N-ethyl adjacent to an activating group) is 1. The van der Waals surface area contributed by atoms with Gasteiger partial charge in [-0.3, -0.25) is 14.5 Å². The minimum absolute atomic E-state index is 0.0545. The second-order valence-electron chi connectivity index (χ2n) is 7.23. The molecule has 6 nitrogen and oxygen atoms in total. The number of ether oxygens (including phenoxy) is 1. The van der Waals surface area contributed by atoms with E-state index in [1.54, 1.807) is 0 Å². The van der Waals surface area contributed by atoms with E-state index in [0.717, 1.165) is 38.6 Å². The molecular formula is C21H32N2O4. The van der Waals surface area contributed by atoms with Gasteiger partial charge in [-0.25, -0.2) is 0 Å². The van der Waals surface area contributed by atoms with E-state index in [9.17, 15) is 9.59 Å². The average Bonchev–Trinajstić information content (AvgIpc) is 2.91. The lowest BCUT2D eigenvalue weighted by Crippen LogP contribution is -2.37. The number of amides is 1. The van der Waals surface area contributed by atoms with Crippen molar-refractivity contribution in [3.63, 3.8) is 0 Å². The summed E-state index contributed by atoms with van der Waals surface area (Å²) in [4.78, 5) is 27.1. The predicted molar refractivity (Wildman–Crippen MR) is 105 cm³/mol. The summed E-state index contributed by atoms with van der Waals surface area (Å²) in [6, 6.07) is 10.5. The monoisotopic (exact) mass is 376 g/mol. The molecule has 150 valence electrons.